The lowest BCUT2D eigenvalue weighted by Crippen LogP contribution is -2.58. The number of sulfone groups is 1. The molecule has 1 saturated carbocycles. The number of rotatable bonds is 10. The molecule has 42 heavy (non-hydrogen) atoms. The SMILES string of the molecule is CC[C@@]1(CC(=O)O)C[C@H](c2cccc(Cl)c2)[C@@H](c2ccc(Cl)cc2)N([C@H](CS(=O)(=O)c2ccccc2Cl)C2CC2)C1=O. The summed E-state index contributed by atoms with van der Waals surface area (Å²) < 4.78 is 27.8. The van der Waals surface area contributed by atoms with E-state index in [1.807, 2.05) is 37.3 Å². The zero-order valence-corrected chi connectivity index (χ0v) is 26.1. The highest BCUT2D eigenvalue weighted by Gasteiger charge is 2.56. The summed E-state index contributed by atoms with van der Waals surface area (Å²) in [7, 11) is -3.92. The molecule has 0 bridgehead atoms. The van der Waals surface area contributed by atoms with Crippen molar-refractivity contribution in [2.45, 2.75) is 61.9 Å². The quantitative estimate of drug-likeness (QED) is 0.242. The van der Waals surface area contributed by atoms with E-state index in [0.29, 0.717) is 10.0 Å². The number of hydrogen-bond donors (Lipinski definition) is 1. The molecular formula is C32H32Cl3NO5S. The normalized spacial score (nSPS) is 23.5. The van der Waals surface area contributed by atoms with Gasteiger partial charge in [-0.1, -0.05) is 78.1 Å². The number of aliphatic carboxylic acids is 1. The van der Waals surface area contributed by atoms with Gasteiger partial charge in [-0.15, -0.1) is 0 Å². The second-order valence-corrected chi connectivity index (χ2v) is 14.7. The lowest BCUT2D eigenvalue weighted by Gasteiger charge is -2.53. The third-order valence-corrected chi connectivity index (χ3v) is 11.5. The highest BCUT2D eigenvalue weighted by atomic mass is 35.5. The summed E-state index contributed by atoms with van der Waals surface area (Å²) in [5.41, 5.74) is 0.411. The number of carboxylic acids is 1. The van der Waals surface area contributed by atoms with Crippen LogP contribution in [0.4, 0.5) is 0 Å². The number of hydrogen-bond acceptors (Lipinski definition) is 4. The molecule has 3 aromatic rings. The van der Waals surface area contributed by atoms with Crippen LogP contribution in [0.1, 0.15) is 62.1 Å². The van der Waals surface area contributed by atoms with Crippen molar-refractivity contribution < 1.29 is 23.1 Å². The van der Waals surface area contributed by atoms with Gasteiger partial charge in [-0.3, -0.25) is 9.59 Å². The Kier molecular flexibility index (Phi) is 8.96. The second kappa shape index (κ2) is 12.2. The predicted octanol–water partition coefficient (Wildman–Crippen LogP) is 7.83. The predicted molar refractivity (Wildman–Crippen MR) is 165 cm³/mol. The number of piperidine rings is 1. The molecule has 10 heteroatoms. The summed E-state index contributed by atoms with van der Waals surface area (Å²) in [6, 6.07) is 19.6. The molecule has 1 aliphatic heterocycles. The van der Waals surface area contributed by atoms with Crippen LogP contribution in [0.15, 0.2) is 77.7 Å². The van der Waals surface area contributed by atoms with E-state index in [9.17, 15) is 23.1 Å². The van der Waals surface area contributed by atoms with Crippen molar-refractivity contribution in [2.24, 2.45) is 11.3 Å². The summed E-state index contributed by atoms with van der Waals surface area (Å²) in [4.78, 5) is 28.7. The average Bonchev–Trinajstić information content (AvgIpc) is 3.79. The minimum absolute atomic E-state index is 0.0171. The molecule has 2 fully saturated rings. The summed E-state index contributed by atoms with van der Waals surface area (Å²) >= 11 is 19.0. The molecule has 6 nitrogen and oxygen atoms in total. The number of carboxylic acid groups (broad SMARTS) is 1. The lowest BCUT2D eigenvalue weighted by molar-refractivity contribution is -0.162. The van der Waals surface area contributed by atoms with Crippen molar-refractivity contribution in [3.63, 3.8) is 0 Å². The Balaban J connectivity index is 1.72. The number of amides is 1. The molecule has 0 unspecified atom stereocenters. The van der Waals surface area contributed by atoms with Crippen LogP contribution >= 0.6 is 34.8 Å². The molecule has 222 valence electrons. The maximum atomic E-state index is 14.8. The number of carbonyl (C=O) groups is 2. The summed E-state index contributed by atoms with van der Waals surface area (Å²) in [5, 5.41) is 11.2. The Hall–Kier alpha value is -2.58. The zero-order valence-electron chi connectivity index (χ0n) is 23.0. The Morgan fingerprint density at radius 2 is 1.67 bits per heavy atom. The third-order valence-electron chi connectivity index (χ3n) is 8.72. The minimum Gasteiger partial charge on any atom is -0.481 e. The third kappa shape index (κ3) is 6.21. The first-order valence-corrected chi connectivity index (χ1v) is 16.8. The van der Waals surface area contributed by atoms with E-state index >= 15 is 0 Å². The van der Waals surface area contributed by atoms with Crippen molar-refractivity contribution in [1.29, 1.82) is 0 Å². The summed E-state index contributed by atoms with van der Waals surface area (Å²) in [5.74, 6) is -2.15. The first-order valence-electron chi connectivity index (χ1n) is 14.0. The molecule has 2 aliphatic rings. The van der Waals surface area contributed by atoms with Crippen LogP contribution < -0.4 is 0 Å². The first kappa shape index (κ1) is 30.9. The Bertz CT molecular complexity index is 1590. The average molecular weight is 649 g/mol. The largest absolute Gasteiger partial charge is 0.481 e. The van der Waals surface area contributed by atoms with Crippen molar-refractivity contribution in [1.82, 2.24) is 4.90 Å². The molecular weight excluding hydrogens is 617 g/mol. The maximum absolute atomic E-state index is 14.8. The van der Waals surface area contributed by atoms with Crippen LogP contribution in [0.5, 0.6) is 0 Å². The van der Waals surface area contributed by atoms with Gasteiger partial charge in [-0.05, 0) is 79.1 Å². The molecule has 1 amide bonds. The van der Waals surface area contributed by atoms with Gasteiger partial charge in [0.1, 0.15) is 0 Å². The van der Waals surface area contributed by atoms with Gasteiger partial charge in [0.05, 0.1) is 33.5 Å². The summed E-state index contributed by atoms with van der Waals surface area (Å²) in [6.45, 7) is 1.82. The van der Waals surface area contributed by atoms with Crippen LogP contribution in [-0.2, 0) is 19.4 Å². The molecule has 1 aliphatic carbocycles. The molecule has 1 heterocycles. The monoisotopic (exact) mass is 647 g/mol. The fourth-order valence-electron chi connectivity index (χ4n) is 6.45. The van der Waals surface area contributed by atoms with Crippen LogP contribution in [0.2, 0.25) is 15.1 Å². The number of carbonyl (C=O) groups excluding carboxylic acids is 1. The summed E-state index contributed by atoms with van der Waals surface area (Å²) in [6.07, 6.45) is 1.72. The smallest absolute Gasteiger partial charge is 0.304 e. The molecule has 0 aromatic heterocycles. The van der Waals surface area contributed by atoms with E-state index in [4.69, 9.17) is 34.8 Å². The number of benzene rings is 3. The molecule has 0 spiro atoms. The van der Waals surface area contributed by atoms with E-state index in [1.165, 1.54) is 12.1 Å². The molecule has 3 aromatic carbocycles. The molecule has 4 atom stereocenters. The van der Waals surface area contributed by atoms with Crippen molar-refractivity contribution in [3.05, 3.63) is 99.0 Å². The highest BCUT2D eigenvalue weighted by Crippen LogP contribution is 2.55. The molecule has 5 rings (SSSR count). The number of nitrogens with zero attached hydrogens (tertiary/aromatic N) is 1. The first-order chi connectivity index (χ1) is 20.0. The number of halogens is 3. The lowest BCUT2D eigenvalue weighted by atomic mass is 9.65. The van der Waals surface area contributed by atoms with Gasteiger partial charge >= 0.3 is 5.97 Å². The van der Waals surface area contributed by atoms with Gasteiger partial charge in [-0.25, -0.2) is 8.42 Å². The van der Waals surface area contributed by atoms with Crippen molar-refractivity contribution in [2.75, 3.05) is 5.75 Å². The fraction of sp³-hybridized carbons (Fsp3) is 0.375. The van der Waals surface area contributed by atoms with Gasteiger partial charge in [-0.2, -0.15) is 0 Å². The van der Waals surface area contributed by atoms with Crippen molar-refractivity contribution in [3.8, 4) is 0 Å². The Morgan fingerprint density at radius 3 is 2.26 bits per heavy atom. The highest BCUT2D eigenvalue weighted by molar-refractivity contribution is 7.91. The topological polar surface area (TPSA) is 91.8 Å². The fourth-order valence-corrected chi connectivity index (χ4v) is 8.98. The van der Waals surface area contributed by atoms with E-state index in [0.717, 1.165) is 24.0 Å². The van der Waals surface area contributed by atoms with Crippen LogP contribution in [-0.4, -0.2) is 42.1 Å². The molecule has 1 N–H and O–H groups in total. The maximum Gasteiger partial charge on any atom is 0.304 e. The van der Waals surface area contributed by atoms with Gasteiger partial charge in [0.25, 0.3) is 0 Å². The zero-order chi connectivity index (χ0) is 30.2. The van der Waals surface area contributed by atoms with E-state index < -0.39 is 33.3 Å². The second-order valence-electron chi connectivity index (χ2n) is 11.4. The van der Waals surface area contributed by atoms with Crippen molar-refractivity contribution >= 4 is 56.5 Å². The van der Waals surface area contributed by atoms with Gasteiger partial charge < -0.3 is 10.0 Å². The van der Waals surface area contributed by atoms with Crippen LogP contribution in [0.25, 0.3) is 0 Å². The Morgan fingerprint density at radius 1 is 0.976 bits per heavy atom. The Labute approximate surface area is 261 Å². The van der Waals surface area contributed by atoms with Crippen LogP contribution in [0.3, 0.4) is 0 Å². The van der Waals surface area contributed by atoms with Gasteiger partial charge in [0, 0.05) is 22.0 Å². The molecule has 0 radical (unpaired) electrons. The van der Waals surface area contributed by atoms with E-state index in [1.54, 1.807) is 35.2 Å². The van der Waals surface area contributed by atoms with Gasteiger partial charge in [0.2, 0.25) is 5.91 Å². The standard InChI is InChI=1S/C32H32Cl3NO5S/c1-2-32(18-29(37)38)17-25(22-6-5-7-24(34)16-22)30(21-12-14-23(33)15-13-21)36(31(32)39)27(20-10-11-20)19-42(40,41)28-9-4-3-8-26(28)35/h3-9,12-16,20,25,27,30H,2,10-11,17-19H2,1H3,(H,37,38)/t25-,27-,30-,32+/m1/s1. The van der Waals surface area contributed by atoms with Gasteiger partial charge in [0.15, 0.2) is 9.84 Å². The van der Waals surface area contributed by atoms with E-state index in [-0.39, 0.29) is 52.7 Å². The van der Waals surface area contributed by atoms with Crippen LogP contribution in [0, 0.1) is 11.3 Å². The molecule has 1 saturated heterocycles. The van der Waals surface area contributed by atoms with E-state index in [2.05, 4.69) is 0 Å². The minimum atomic E-state index is -3.92. The number of likely N-dealkylation sites (tertiary alicyclic amines) is 1.